The first-order chi connectivity index (χ1) is 11.6. The lowest BCUT2D eigenvalue weighted by Gasteiger charge is -2.32. The monoisotopic (exact) mass is 325 g/mol. The van der Waals surface area contributed by atoms with Crippen LogP contribution in [0.5, 0.6) is 0 Å². The standard InChI is InChI=1S/C18H23N5O/c1-22(2)13-16-17(21-10-9-20-16)14-6-11-23(12-7-14)18(24)15-5-3-4-8-19-15/h3-5,8-10,14H,6-7,11-13H2,1-2H3. The Morgan fingerprint density at radius 3 is 2.54 bits per heavy atom. The highest BCUT2D eigenvalue weighted by molar-refractivity contribution is 5.92. The number of rotatable bonds is 4. The van der Waals surface area contributed by atoms with Crippen LogP contribution in [0.3, 0.4) is 0 Å². The third-order valence-corrected chi connectivity index (χ3v) is 4.33. The van der Waals surface area contributed by atoms with E-state index in [4.69, 9.17) is 0 Å². The zero-order valence-corrected chi connectivity index (χ0v) is 14.2. The summed E-state index contributed by atoms with van der Waals surface area (Å²) in [6, 6.07) is 5.44. The van der Waals surface area contributed by atoms with Crippen molar-refractivity contribution < 1.29 is 4.79 Å². The fourth-order valence-electron chi connectivity index (χ4n) is 3.15. The van der Waals surface area contributed by atoms with E-state index in [1.807, 2.05) is 31.1 Å². The lowest BCUT2D eigenvalue weighted by Crippen LogP contribution is -2.38. The van der Waals surface area contributed by atoms with Crippen molar-refractivity contribution in [2.45, 2.75) is 25.3 Å². The van der Waals surface area contributed by atoms with Crippen molar-refractivity contribution in [3.8, 4) is 0 Å². The van der Waals surface area contributed by atoms with Crippen LogP contribution in [0.25, 0.3) is 0 Å². The highest BCUT2D eigenvalue weighted by Crippen LogP contribution is 2.29. The molecule has 1 aliphatic rings. The maximum absolute atomic E-state index is 12.5. The lowest BCUT2D eigenvalue weighted by molar-refractivity contribution is 0.0706. The van der Waals surface area contributed by atoms with Gasteiger partial charge in [-0.25, -0.2) is 0 Å². The molecule has 0 N–H and O–H groups in total. The van der Waals surface area contributed by atoms with Gasteiger partial charge in [-0.05, 0) is 39.1 Å². The maximum atomic E-state index is 12.5. The van der Waals surface area contributed by atoms with E-state index in [0.29, 0.717) is 11.6 Å². The van der Waals surface area contributed by atoms with E-state index in [9.17, 15) is 4.79 Å². The summed E-state index contributed by atoms with van der Waals surface area (Å²) >= 11 is 0. The second-order valence-corrected chi connectivity index (χ2v) is 6.41. The van der Waals surface area contributed by atoms with Crippen LogP contribution in [0.15, 0.2) is 36.8 Å². The summed E-state index contributed by atoms with van der Waals surface area (Å²) in [5.74, 6) is 0.378. The van der Waals surface area contributed by atoms with Crippen LogP contribution >= 0.6 is 0 Å². The van der Waals surface area contributed by atoms with Crippen LogP contribution in [0.2, 0.25) is 0 Å². The van der Waals surface area contributed by atoms with Gasteiger partial charge < -0.3 is 9.80 Å². The minimum Gasteiger partial charge on any atom is -0.337 e. The minimum absolute atomic E-state index is 0.0155. The minimum atomic E-state index is 0.0155. The Morgan fingerprint density at radius 2 is 1.88 bits per heavy atom. The quantitative estimate of drug-likeness (QED) is 0.860. The number of amides is 1. The molecule has 0 aliphatic carbocycles. The molecule has 3 rings (SSSR count). The molecule has 2 aromatic rings. The third kappa shape index (κ3) is 3.76. The third-order valence-electron chi connectivity index (χ3n) is 4.33. The van der Waals surface area contributed by atoms with E-state index in [1.54, 1.807) is 24.7 Å². The fraction of sp³-hybridized carbons (Fsp3) is 0.444. The highest BCUT2D eigenvalue weighted by atomic mass is 16.2. The van der Waals surface area contributed by atoms with Crippen molar-refractivity contribution in [2.24, 2.45) is 0 Å². The zero-order chi connectivity index (χ0) is 16.9. The summed E-state index contributed by atoms with van der Waals surface area (Å²) in [6.45, 7) is 2.26. The fourth-order valence-corrected chi connectivity index (χ4v) is 3.15. The number of carbonyl (C=O) groups excluding carboxylic acids is 1. The van der Waals surface area contributed by atoms with E-state index >= 15 is 0 Å². The van der Waals surface area contributed by atoms with E-state index in [1.165, 1.54) is 0 Å². The second kappa shape index (κ2) is 7.49. The van der Waals surface area contributed by atoms with Gasteiger partial charge in [-0.15, -0.1) is 0 Å². The highest BCUT2D eigenvalue weighted by Gasteiger charge is 2.27. The molecule has 24 heavy (non-hydrogen) atoms. The van der Waals surface area contributed by atoms with Gasteiger partial charge in [0.2, 0.25) is 0 Å². The predicted octanol–water partition coefficient (Wildman–Crippen LogP) is 1.95. The molecule has 1 saturated heterocycles. The van der Waals surface area contributed by atoms with Crippen molar-refractivity contribution in [3.63, 3.8) is 0 Å². The Balaban J connectivity index is 1.66. The maximum Gasteiger partial charge on any atom is 0.272 e. The molecule has 1 aliphatic heterocycles. The predicted molar refractivity (Wildman–Crippen MR) is 91.5 cm³/mol. The topological polar surface area (TPSA) is 62.2 Å². The molecule has 0 radical (unpaired) electrons. The van der Waals surface area contributed by atoms with E-state index in [0.717, 1.165) is 43.9 Å². The van der Waals surface area contributed by atoms with Gasteiger partial charge in [0.15, 0.2) is 0 Å². The summed E-state index contributed by atoms with van der Waals surface area (Å²) in [5.41, 5.74) is 2.64. The summed E-state index contributed by atoms with van der Waals surface area (Å²) in [7, 11) is 4.07. The van der Waals surface area contributed by atoms with Crippen molar-refractivity contribution in [1.82, 2.24) is 24.8 Å². The number of hydrogen-bond acceptors (Lipinski definition) is 5. The van der Waals surface area contributed by atoms with Crippen molar-refractivity contribution in [1.29, 1.82) is 0 Å². The number of aromatic nitrogens is 3. The smallest absolute Gasteiger partial charge is 0.272 e. The van der Waals surface area contributed by atoms with Crippen LogP contribution in [-0.4, -0.2) is 57.8 Å². The molecule has 0 aromatic carbocycles. The first-order valence-electron chi connectivity index (χ1n) is 8.30. The van der Waals surface area contributed by atoms with E-state index in [-0.39, 0.29) is 5.91 Å². The Labute approximate surface area is 142 Å². The average Bonchev–Trinajstić information content (AvgIpc) is 2.62. The number of pyridine rings is 1. The summed E-state index contributed by atoms with van der Waals surface area (Å²) in [6.07, 6.45) is 7.00. The van der Waals surface area contributed by atoms with Gasteiger partial charge in [0.25, 0.3) is 5.91 Å². The molecule has 3 heterocycles. The van der Waals surface area contributed by atoms with Crippen molar-refractivity contribution >= 4 is 5.91 Å². The normalized spacial score (nSPS) is 15.7. The summed E-state index contributed by atoms with van der Waals surface area (Å²) in [5, 5.41) is 0. The molecule has 126 valence electrons. The molecule has 0 saturated carbocycles. The Kier molecular flexibility index (Phi) is 5.15. The van der Waals surface area contributed by atoms with Gasteiger partial charge >= 0.3 is 0 Å². The summed E-state index contributed by atoms with van der Waals surface area (Å²) in [4.78, 5) is 29.7. The van der Waals surface area contributed by atoms with Crippen LogP contribution in [0, 0.1) is 0 Å². The van der Waals surface area contributed by atoms with Gasteiger partial charge in [-0.1, -0.05) is 6.07 Å². The Bertz CT molecular complexity index is 681. The number of piperidine rings is 1. The molecular weight excluding hydrogens is 302 g/mol. The molecular formula is C18H23N5O. The van der Waals surface area contributed by atoms with Crippen LogP contribution in [0.1, 0.15) is 40.6 Å². The zero-order valence-electron chi connectivity index (χ0n) is 14.2. The number of nitrogens with zero attached hydrogens (tertiary/aromatic N) is 5. The lowest BCUT2D eigenvalue weighted by atomic mass is 9.91. The van der Waals surface area contributed by atoms with Crippen molar-refractivity contribution in [3.05, 3.63) is 53.9 Å². The molecule has 1 amide bonds. The molecule has 0 spiro atoms. The number of carbonyl (C=O) groups is 1. The Morgan fingerprint density at radius 1 is 1.12 bits per heavy atom. The van der Waals surface area contributed by atoms with Gasteiger partial charge in [-0.3, -0.25) is 19.7 Å². The van der Waals surface area contributed by atoms with Gasteiger partial charge in [0.05, 0.1) is 11.4 Å². The molecule has 1 fully saturated rings. The SMILES string of the molecule is CN(C)Cc1nccnc1C1CCN(C(=O)c2ccccn2)CC1. The second-order valence-electron chi connectivity index (χ2n) is 6.41. The van der Waals surface area contributed by atoms with Crippen LogP contribution in [-0.2, 0) is 6.54 Å². The molecule has 0 bridgehead atoms. The number of likely N-dealkylation sites (tertiary alicyclic amines) is 1. The molecule has 0 unspecified atom stereocenters. The first-order valence-corrected chi connectivity index (χ1v) is 8.30. The van der Waals surface area contributed by atoms with Gasteiger partial charge in [-0.2, -0.15) is 0 Å². The van der Waals surface area contributed by atoms with Crippen molar-refractivity contribution in [2.75, 3.05) is 27.2 Å². The van der Waals surface area contributed by atoms with E-state index in [2.05, 4.69) is 19.9 Å². The van der Waals surface area contributed by atoms with Gasteiger partial charge in [0, 0.05) is 44.1 Å². The summed E-state index contributed by atoms with van der Waals surface area (Å²) < 4.78 is 0. The molecule has 6 heteroatoms. The molecule has 2 aromatic heterocycles. The molecule has 6 nitrogen and oxygen atoms in total. The Hall–Kier alpha value is -2.34. The van der Waals surface area contributed by atoms with Crippen LogP contribution in [0.4, 0.5) is 0 Å². The van der Waals surface area contributed by atoms with Gasteiger partial charge in [0.1, 0.15) is 5.69 Å². The van der Waals surface area contributed by atoms with E-state index < -0.39 is 0 Å². The van der Waals surface area contributed by atoms with Crippen LogP contribution < -0.4 is 0 Å². The largest absolute Gasteiger partial charge is 0.337 e. The first kappa shape index (κ1) is 16.5. The number of hydrogen-bond donors (Lipinski definition) is 0. The molecule has 0 atom stereocenters. The average molecular weight is 325 g/mol.